The summed E-state index contributed by atoms with van der Waals surface area (Å²) in [4.78, 5) is -0.0148. The maximum absolute atomic E-state index is 12.6. The van der Waals surface area contributed by atoms with Gasteiger partial charge in [-0.2, -0.15) is 5.10 Å². The molecule has 1 N–H and O–H groups in total. The average molecular weight is 411 g/mol. The molecule has 1 heterocycles. The number of nitrogens with one attached hydrogen (secondary N) is 1. The summed E-state index contributed by atoms with van der Waals surface area (Å²) in [6, 6.07) is 13.8. The van der Waals surface area contributed by atoms with E-state index >= 15 is 0 Å². The highest BCUT2D eigenvalue weighted by Crippen LogP contribution is 2.25. The van der Waals surface area contributed by atoms with Crippen molar-refractivity contribution in [3.63, 3.8) is 0 Å². The number of hydrogen-bond donors (Lipinski definition) is 1. The van der Waals surface area contributed by atoms with Crippen LogP contribution in [0.4, 0.5) is 18.9 Å². The van der Waals surface area contributed by atoms with Crippen LogP contribution in [0.15, 0.2) is 65.7 Å². The van der Waals surface area contributed by atoms with Crippen LogP contribution in [0.2, 0.25) is 0 Å². The van der Waals surface area contributed by atoms with Gasteiger partial charge < -0.3 is 4.74 Å². The zero-order valence-electron chi connectivity index (χ0n) is 14.6. The third-order valence-corrected chi connectivity index (χ3v) is 5.20. The molecule has 0 spiro atoms. The smallest absolute Gasteiger partial charge is 0.406 e. The minimum absolute atomic E-state index is 0.0148. The zero-order valence-corrected chi connectivity index (χ0v) is 15.5. The Bertz CT molecular complexity index is 1050. The highest BCUT2D eigenvalue weighted by molar-refractivity contribution is 7.92. The van der Waals surface area contributed by atoms with Gasteiger partial charge in [0.25, 0.3) is 10.0 Å². The van der Waals surface area contributed by atoms with E-state index in [1.165, 1.54) is 23.0 Å². The Kier molecular flexibility index (Phi) is 5.32. The van der Waals surface area contributed by atoms with Crippen LogP contribution in [0.1, 0.15) is 11.3 Å². The molecule has 10 heteroatoms. The van der Waals surface area contributed by atoms with Gasteiger partial charge in [-0.15, -0.1) is 13.2 Å². The number of anilines is 1. The summed E-state index contributed by atoms with van der Waals surface area (Å²) in [7, 11) is -3.96. The summed E-state index contributed by atoms with van der Waals surface area (Å²) in [5.74, 6) is -0.442. The van der Waals surface area contributed by atoms with Crippen molar-refractivity contribution in [2.45, 2.75) is 24.7 Å². The first-order valence-electron chi connectivity index (χ1n) is 8.09. The van der Waals surface area contributed by atoms with Gasteiger partial charge in [-0.1, -0.05) is 30.3 Å². The third-order valence-electron chi connectivity index (χ3n) is 3.72. The lowest BCUT2D eigenvalue weighted by molar-refractivity contribution is -0.274. The first-order valence-corrected chi connectivity index (χ1v) is 9.57. The molecular weight excluding hydrogens is 395 g/mol. The zero-order chi connectivity index (χ0) is 20.4. The molecule has 0 fully saturated rings. The third kappa shape index (κ3) is 5.03. The van der Waals surface area contributed by atoms with Crippen LogP contribution in [0, 0.1) is 6.92 Å². The maximum Gasteiger partial charge on any atom is 0.573 e. The summed E-state index contributed by atoms with van der Waals surface area (Å²) in [5, 5.41) is 4.22. The quantitative estimate of drug-likeness (QED) is 0.667. The topological polar surface area (TPSA) is 73.2 Å². The minimum Gasteiger partial charge on any atom is -0.406 e. The van der Waals surface area contributed by atoms with E-state index in [-0.39, 0.29) is 10.6 Å². The van der Waals surface area contributed by atoms with E-state index in [0.29, 0.717) is 12.2 Å². The molecule has 0 bridgehead atoms. The van der Waals surface area contributed by atoms with E-state index in [0.717, 1.165) is 17.7 Å². The number of benzene rings is 2. The summed E-state index contributed by atoms with van der Waals surface area (Å²) < 4.78 is 69.4. The lowest BCUT2D eigenvalue weighted by Gasteiger charge is -2.10. The molecule has 28 heavy (non-hydrogen) atoms. The fourth-order valence-corrected chi connectivity index (χ4v) is 3.80. The summed E-state index contributed by atoms with van der Waals surface area (Å²) in [6.07, 6.45) is -3.41. The van der Waals surface area contributed by atoms with E-state index in [1.807, 2.05) is 30.3 Å². The van der Waals surface area contributed by atoms with Gasteiger partial charge in [0.15, 0.2) is 0 Å². The second kappa shape index (κ2) is 7.55. The number of alkyl halides is 3. The predicted molar refractivity (Wildman–Crippen MR) is 96.4 cm³/mol. The van der Waals surface area contributed by atoms with Crippen molar-refractivity contribution >= 4 is 15.7 Å². The van der Waals surface area contributed by atoms with Crippen molar-refractivity contribution in [3.8, 4) is 5.75 Å². The number of rotatable bonds is 6. The maximum atomic E-state index is 12.6. The van der Waals surface area contributed by atoms with E-state index in [4.69, 9.17) is 0 Å². The summed E-state index contributed by atoms with van der Waals surface area (Å²) in [6.45, 7) is 1.97. The Hall–Kier alpha value is -3.01. The van der Waals surface area contributed by atoms with Gasteiger partial charge in [0.05, 0.1) is 12.2 Å². The molecule has 0 unspecified atom stereocenters. The van der Waals surface area contributed by atoms with Crippen molar-refractivity contribution < 1.29 is 26.3 Å². The largest absolute Gasteiger partial charge is 0.573 e. The number of sulfonamides is 1. The lowest BCUT2D eigenvalue weighted by atomic mass is 10.2. The molecule has 0 aliphatic heterocycles. The van der Waals surface area contributed by atoms with Gasteiger partial charge in [-0.05, 0) is 36.8 Å². The lowest BCUT2D eigenvalue weighted by Crippen LogP contribution is -2.17. The van der Waals surface area contributed by atoms with Crippen molar-refractivity contribution in [1.29, 1.82) is 0 Å². The molecule has 0 aliphatic rings. The van der Waals surface area contributed by atoms with Crippen LogP contribution in [-0.2, 0) is 16.6 Å². The second-order valence-corrected chi connectivity index (χ2v) is 7.59. The van der Waals surface area contributed by atoms with E-state index in [1.54, 1.807) is 6.92 Å². The molecule has 0 radical (unpaired) electrons. The highest BCUT2D eigenvalue weighted by atomic mass is 32.2. The molecule has 0 aliphatic carbocycles. The van der Waals surface area contributed by atoms with Gasteiger partial charge in [0.2, 0.25) is 0 Å². The van der Waals surface area contributed by atoms with Gasteiger partial charge in [0, 0.05) is 11.9 Å². The molecule has 3 aromatic rings. The molecule has 148 valence electrons. The van der Waals surface area contributed by atoms with Gasteiger partial charge in [-0.25, -0.2) is 8.42 Å². The monoisotopic (exact) mass is 411 g/mol. The van der Waals surface area contributed by atoms with Crippen molar-refractivity contribution in [2.75, 3.05) is 4.72 Å². The number of hydrogen-bond acceptors (Lipinski definition) is 4. The van der Waals surface area contributed by atoms with Crippen molar-refractivity contribution in [1.82, 2.24) is 9.78 Å². The van der Waals surface area contributed by atoms with Crippen molar-refractivity contribution in [2.24, 2.45) is 0 Å². The molecule has 0 saturated carbocycles. The number of aryl methyl sites for hydroxylation is 1. The number of aromatic nitrogens is 2. The van der Waals surface area contributed by atoms with E-state index < -0.39 is 22.1 Å². The predicted octanol–water partition coefficient (Wildman–Crippen LogP) is 3.94. The van der Waals surface area contributed by atoms with Crippen LogP contribution in [-0.4, -0.2) is 24.6 Å². The highest BCUT2D eigenvalue weighted by Gasteiger charge is 2.31. The number of ether oxygens (including phenoxy) is 1. The second-order valence-electron chi connectivity index (χ2n) is 5.94. The normalized spacial score (nSPS) is 12.0. The molecule has 0 saturated heterocycles. The van der Waals surface area contributed by atoms with Crippen LogP contribution in [0.3, 0.4) is 0 Å². The average Bonchev–Trinajstić information content (AvgIpc) is 2.97. The van der Waals surface area contributed by atoms with Crippen LogP contribution in [0.25, 0.3) is 0 Å². The van der Waals surface area contributed by atoms with Gasteiger partial charge >= 0.3 is 6.36 Å². The van der Waals surface area contributed by atoms with Gasteiger partial charge in [-0.3, -0.25) is 9.40 Å². The van der Waals surface area contributed by atoms with Crippen LogP contribution in [0.5, 0.6) is 5.75 Å². The van der Waals surface area contributed by atoms with Crippen LogP contribution < -0.4 is 9.46 Å². The fourth-order valence-electron chi connectivity index (χ4n) is 2.55. The SMILES string of the molecule is Cc1nn(Cc2ccccc2)cc1S(=O)(=O)Nc1ccc(OC(F)(F)F)cc1. The Morgan fingerprint density at radius 2 is 1.71 bits per heavy atom. The fraction of sp³-hybridized carbons (Fsp3) is 0.167. The molecule has 3 rings (SSSR count). The van der Waals surface area contributed by atoms with Crippen molar-refractivity contribution in [3.05, 3.63) is 72.1 Å². The number of halogens is 3. The summed E-state index contributed by atoms with van der Waals surface area (Å²) in [5.41, 5.74) is 1.37. The Labute approximate surface area is 159 Å². The molecule has 6 nitrogen and oxygen atoms in total. The van der Waals surface area contributed by atoms with E-state index in [9.17, 15) is 21.6 Å². The molecule has 1 aromatic heterocycles. The first kappa shape index (κ1) is 19.7. The Balaban J connectivity index is 1.76. The van der Waals surface area contributed by atoms with Crippen LogP contribution >= 0.6 is 0 Å². The Morgan fingerprint density at radius 3 is 2.32 bits per heavy atom. The standard InChI is InChI=1S/C18H16F3N3O3S/c1-13-17(12-24(22-13)11-14-5-3-2-4-6-14)28(25,26)23-15-7-9-16(10-8-15)27-18(19,20)21/h2-10,12,23H,11H2,1H3. The minimum atomic E-state index is -4.81. The number of nitrogens with zero attached hydrogens (tertiary/aromatic N) is 2. The summed E-state index contributed by atoms with van der Waals surface area (Å²) >= 11 is 0. The first-order chi connectivity index (χ1) is 13.1. The van der Waals surface area contributed by atoms with Gasteiger partial charge in [0.1, 0.15) is 10.6 Å². The Morgan fingerprint density at radius 1 is 1.07 bits per heavy atom. The molecule has 0 atom stereocenters. The molecule has 0 amide bonds. The molecular formula is C18H16F3N3O3S. The molecule has 2 aromatic carbocycles. The van der Waals surface area contributed by atoms with E-state index in [2.05, 4.69) is 14.6 Å².